The van der Waals surface area contributed by atoms with Crippen molar-refractivity contribution in [2.24, 2.45) is 10.8 Å². The minimum Gasteiger partial charge on any atom is -0.453 e. The van der Waals surface area contributed by atoms with Crippen molar-refractivity contribution in [3.05, 3.63) is 41.6 Å². The van der Waals surface area contributed by atoms with Crippen molar-refractivity contribution in [2.45, 2.75) is 71.3 Å². The van der Waals surface area contributed by atoms with E-state index >= 15 is 8.78 Å². The summed E-state index contributed by atoms with van der Waals surface area (Å²) in [5.41, 5.74) is -4.94. The number of likely N-dealkylation sites (N-methyl/N-ethyl adjacent to an activating group) is 1. The van der Waals surface area contributed by atoms with Crippen LogP contribution in [0.15, 0.2) is 24.4 Å². The molecule has 1 aromatic carbocycles. The van der Waals surface area contributed by atoms with Gasteiger partial charge in [0.15, 0.2) is 0 Å². The van der Waals surface area contributed by atoms with Crippen LogP contribution in [0.1, 0.15) is 39.8 Å². The molecule has 1 aromatic heterocycles. The molecule has 1 heterocycles. The normalized spacial score (nSPS) is 14.6. The van der Waals surface area contributed by atoms with Crippen LogP contribution in [0, 0.1) is 22.5 Å². The van der Waals surface area contributed by atoms with E-state index in [0.29, 0.717) is 44.8 Å². The number of rotatable bonds is 15. The van der Waals surface area contributed by atoms with Gasteiger partial charge in [0.05, 0.1) is 29.7 Å². The minimum absolute atomic E-state index is 0.217. The molecule has 22 heteroatoms. The third kappa shape index (κ3) is 10.4. The van der Waals surface area contributed by atoms with Crippen LogP contribution in [-0.4, -0.2) is 95.6 Å². The van der Waals surface area contributed by atoms with Crippen molar-refractivity contribution >= 4 is 17.9 Å². The van der Waals surface area contributed by atoms with Crippen LogP contribution in [0.4, 0.5) is 48.7 Å². The summed E-state index contributed by atoms with van der Waals surface area (Å²) in [4.78, 5) is 37.6. The third-order valence-corrected chi connectivity index (χ3v) is 7.97. The van der Waals surface area contributed by atoms with E-state index in [1.165, 1.54) is 0 Å². The number of methoxy groups -OCH3 is 1. The number of aliphatic hydroxyl groups is 1. The predicted octanol–water partition coefficient (Wildman–Crippen LogP) is 4.02. The van der Waals surface area contributed by atoms with Gasteiger partial charge in [-0.15, -0.1) is 0 Å². The second-order valence-electron chi connectivity index (χ2n) is 12.4. The number of carbonyl (C=O) groups is 3. The Balaban J connectivity index is 2.42. The van der Waals surface area contributed by atoms with Crippen molar-refractivity contribution < 1.29 is 68.1 Å². The Morgan fingerprint density at radius 1 is 0.941 bits per heavy atom. The Kier molecular flexibility index (Phi) is 13.9. The SMILES string of the molecule is CNC(C(=O)NN(Cc1c(F)cc(-c2ccn(C(F)F)n2)cc1F)CC(O)CNC(=O)C(NC(=O)OC)C(C)(C)C(F)(F)F)C(C)(C)C(F)(F)F. The van der Waals surface area contributed by atoms with Crippen molar-refractivity contribution in [3.63, 3.8) is 0 Å². The fourth-order valence-electron chi connectivity index (χ4n) is 4.60. The molecule has 0 aliphatic heterocycles. The lowest BCUT2D eigenvalue weighted by atomic mass is 9.83. The molecule has 51 heavy (non-hydrogen) atoms. The van der Waals surface area contributed by atoms with Gasteiger partial charge in [-0.2, -0.15) is 40.2 Å². The second kappa shape index (κ2) is 16.4. The van der Waals surface area contributed by atoms with Crippen molar-refractivity contribution in [2.75, 3.05) is 27.2 Å². The first kappa shape index (κ1) is 43.0. The molecule has 0 saturated carbocycles. The number of nitrogens with zero attached hydrogens (tertiary/aromatic N) is 3. The molecular weight excluding hydrogens is 716 g/mol. The lowest BCUT2D eigenvalue weighted by Gasteiger charge is -2.36. The van der Waals surface area contributed by atoms with Gasteiger partial charge in [-0.1, -0.05) is 0 Å². The highest BCUT2D eigenvalue weighted by molar-refractivity contribution is 5.86. The largest absolute Gasteiger partial charge is 0.453 e. The van der Waals surface area contributed by atoms with Crippen LogP contribution in [0.25, 0.3) is 11.3 Å². The van der Waals surface area contributed by atoms with Gasteiger partial charge in [0.25, 0.3) is 5.91 Å². The van der Waals surface area contributed by atoms with Crippen molar-refractivity contribution in [1.29, 1.82) is 0 Å². The molecule has 0 spiro atoms. The van der Waals surface area contributed by atoms with Crippen LogP contribution in [0.3, 0.4) is 0 Å². The summed E-state index contributed by atoms with van der Waals surface area (Å²) in [6.45, 7) is -3.27. The fraction of sp³-hybridized carbons (Fsp3) is 0.586. The average molecular weight is 754 g/mol. The van der Waals surface area contributed by atoms with Gasteiger partial charge in [0.2, 0.25) is 5.91 Å². The zero-order valence-corrected chi connectivity index (χ0v) is 27.9. The lowest BCUT2D eigenvalue weighted by molar-refractivity contribution is -0.221. The number of alkyl halides is 8. The van der Waals surface area contributed by atoms with Crippen LogP contribution >= 0.6 is 0 Å². The van der Waals surface area contributed by atoms with Crippen LogP contribution in [-0.2, 0) is 20.9 Å². The number of hydrogen-bond acceptors (Lipinski definition) is 8. The molecule has 5 N–H and O–H groups in total. The van der Waals surface area contributed by atoms with Gasteiger partial charge in [0.1, 0.15) is 23.7 Å². The highest BCUT2D eigenvalue weighted by Gasteiger charge is 2.56. The molecule has 2 aromatic rings. The molecule has 288 valence electrons. The molecule has 0 fully saturated rings. The molecule has 0 saturated heterocycles. The average Bonchev–Trinajstić information content (AvgIpc) is 3.50. The Bertz CT molecular complexity index is 1510. The number of aliphatic hydroxyl groups excluding tert-OH is 1. The topological polar surface area (TPSA) is 150 Å². The number of hydrazine groups is 1. The zero-order valence-electron chi connectivity index (χ0n) is 27.9. The van der Waals surface area contributed by atoms with Crippen molar-refractivity contribution in [3.8, 4) is 11.3 Å². The quantitative estimate of drug-likeness (QED) is 0.135. The number of nitrogens with one attached hydrogen (secondary N) is 4. The Hall–Kier alpha value is -4.18. The number of amides is 3. The van der Waals surface area contributed by atoms with E-state index in [2.05, 4.69) is 15.2 Å². The molecular formula is C29H37F10N7O5. The molecule has 3 unspecified atom stereocenters. The molecule has 0 bridgehead atoms. The minimum atomic E-state index is -5.05. The number of benzene rings is 1. The van der Waals surface area contributed by atoms with Gasteiger partial charge in [-0.3, -0.25) is 15.0 Å². The molecule has 3 amide bonds. The number of aromatic nitrogens is 2. The summed E-state index contributed by atoms with van der Waals surface area (Å²) in [6.07, 6.45) is -12.4. The first-order valence-electron chi connectivity index (χ1n) is 14.8. The van der Waals surface area contributed by atoms with Crippen molar-refractivity contribution in [1.82, 2.24) is 36.2 Å². The Morgan fingerprint density at radius 2 is 1.47 bits per heavy atom. The van der Waals surface area contributed by atoms with E-state index < -0.39 is 103 Å². The highest BCUT2D eigenvalue weighted by atomic mass is 19.4. The molecule has 3 atom stereocenters. The maximum Gasteiger partial charge on any atom is 0.407 e. The van der Waals surface area contributed by atoms with Gasteiger partial charge < -0.3 is 25.8 Å². The fourth-order valence-corrected chi connectivity index (χ4v) is 4.60. The summed E-state index contributed by atoms with van der Waals surface area (Å²) in [6, 6.07) is -1.88. The van der Waals surface area contributed by atoms with E-state index in [9.17, 15) is 54.6 Å². The predicted molar refractivity (Wildman–Crippen MR) is 158 cm³/mol. The summed E-state index contributed by atoms with van der Waals surface area (Å²) < 4.78 is 143. The number of ether oxygens (including phenoxy) is 1. The number of hydrogen-bond donors (Lipinski definition) is 5. The van der Waals surface area contributed by atoms with E-state index in [1.54, 1.807) is 5.32 Å². The van der Waals surface area contributed by atoms with E-state index in [1.807, 2.05) is 10.7 Å². The van der Waals surface area contributed by atoms with E-state index in [-0.39, 0.29) is 15.9 Å². The van der Waals surface area contributed by atoms with E-state index in [0.717, 1.165) is 26.4 Å². The maximum atomic E-state index is 15.3. The maximum absolute atomic E-state index is 15.3. The first-order valence-corrected chi connectivity index (χ1v) is 14.8. The molecule has 0 aliphatic rings. The lowest BCUT2D eigenvalue weighted by Crippen LogP contribution is -2.61. The first-order chi connectivity index (χ1) is 23.3. The summed E-state index contributed by atoms with van der Waals surface area (Å²) in [7, 11) is 1.85. The number of carbonyl (C=O) groups excluding carboxylic acids is 3. The van der Waals surface area contributed by atoms with Gasteiger partial charge in [-0.05, 0) is 52.9 Å². The summed E-state index contributed by atoms with van der Waals surface area (Å²) in [5, 5.41) is 20.7. The molecule has 12 nitrogen and oxygen atoms in total. The number of alkyl carbamates (subject to hydrolysis) is 1. The van der Waals surface area contributed by atoms with Crippen LogP contribution in [0.2, 0.25) is 0 Å². The van der Waals surface area contributed by atoms with Crippen LogP contribution in [0.5, 0.6) is 0 Å². The monoisotopic (exact) mass is 753 g/mol. The third-order valence-electron chi connectivity index (χ3n) is 7.97. The highest BCUT2D eigenvalue weighted by Crippen LogP contribution is 2.41. The smallest absolute Gasteiger partial charge is 0.407 e. The molecule has 0 aliphatic carbocycles. The standard InChI is InChI=1S/C29H37F10N7O5/c1-26(2,28(34,35)36)20(40-5)23(49)44-45(13-16-17(30)9-14(10-18(16)31)19-7-8-46(43-19)24(32)33)12-15(47)11-41-22(48)21(42-25(50)51-6)27(3,4)29(37,38)39/h7-10,15,20-21,24,40,47H,11-13H2,1-6H3,(H,41,48)(H,42,50)(H,44,49). The van der Waals surface area contributed by atoms with Gasteiger partial charge >= 0.3 is 25.0 Å². The van der Waals surface area contributed by atoms with Crippen LogP contribution < -0.4 is 21.4 Å². The Morgan fingerprint density at radius 3 is 1.92 bits per heavy atom. The summed E-state index contributed by atoms with van der Waals surface area (Å²) >= 11 is 0. The van der Waals surface area contributed by atoms with Gasteiger partial charge in [-0.25, -0.2) is 23.3 Å². The molecule has 0 radical (unpaired) electrons. The van der Waals surface area contributed by atoms with E-state index in [4.69, 9.17) is 0 Å². The second-order valence-corrected chi connectivity index (χ2v) is 12.4. The molecule has 2 rings (SSSR count). The zero-order chi connectivity index (χ0) is 39.3. The Labute approximate surface area is 284 Å². The summed E-state index contributed by atoms with van der Waals surface area (Å²) in [5.74, 6) is -5.50. The number of halogens is 10. The van der Waals surface area contributed by atoms with Gasteiger partial charge in [0, 0.05) is 37.0 Å².